The van der Waals surface area contributed by atoms with Crippen molar-refractivity contribution in [2.75, 3.05) is 7.05 Å². The van der Waals surface area contributed by atoms with Gasteiger partial charge in [-0.1, -0.05) is 30.3 Å². The lowest BCUT2D eigenvalue weighted by Gasteiger charge is -2.18. The molecule has 30 heavy (non-hydrogen) atoms. The second-order valence-electron chi connectivity index (χ2n) is 8.33. The highest BCUT2D eigenvalue weighted by Gasteiger charge is 2.17. The van der Waals surface area contributed by atoms with E-state index in [1.807, 2.05) is 41.9 Å². The Kier molecular flexibility index (Phi) is 5.01. The van der Waals surface area contributed by atoms with Gasteiger partial charge in [-0.3, -0.25) is 9.69 Å². The number of pyridine rings is 1. The SMILES string of the molecule is CN(Cc1ccco1)Cc1cc2cc3c(cc2n(Cc2ccccc2)c1=O)CCC3. The standard InChI is InChI=1S/C26H26N2O2/c1-27(18-24-11-6-12-30-24)17-23-14-22-13-20-9-5-10-21(20)15-25(22)28(26(23)29)16-19-7-3-2-4-8-19/h2-4,6-8,11-15H,5,9-10,16-18H2,1H3. The van der Waals surface area contributed by atoms with Gasteiger partial charge in [-0.05, 0) is 78.7 Å². The third-order valence-electron chi connectivity index (χ3n) is 6.01. The molecule has 0 amide bonds. The van der Waals surface area contributed by atoms with Crippen LogP contribution in [0.25, 0.3) is 10.9 Å². The Bertz CT molecular complexity index is 1220. The number of rotatable bonds is 6. The topological polar surface area (TPSA) is 38.4 Å². The summed E-state index contributed by atoms with van der Waals surface area (Å²) in [6.45, 7) is 1.85. The third-order valence-corrected chi connectivity index (χ3v) is 6.01. The quantitative estimate of drug-likeness (QED) is 0.470. The van der Waals surface area contributed by atoms with E-state index >= 15 is 0 Å². The molecule has 0 atom stereocenters. The van der Waals surface area contributed by atoms with Crippen LogP contribution in [0.4, 0.5) is 0 Å². The molecule has 0 unspecified atom stereocenters. The van der Waals surface area contributed by atoms with E-state index < -0.39 is 0 Å². The maximum atomic E-state index is 13.5. The molecule has 4 heteroatoms. The number of aryl methyl sites for hydroxylation is 2. The Balaban J connectivity index is 1.57. The van der Waals surface area contributed by atoms with Gasteiger partial charge in [-0.25, -0.2) is 0 Å². The normalized spacial score (nSPS) is 13.3. The number of fused-ring (bicyclic) bond motifs is 2. The van der Waals surface area contributed by atoms with Crippen molar-refractivity contribution in [3.8, 4) is 0 Å². The number of furan rings is 1. The van der Waals surface area contributed by atoms with Gasteiger partial charge in [0.15, 0.2) is 0 Å². The predicted molar refractivity (Wildman–Crippen MR) is 120 cm³/mol. The van der Waals surface area contributed by atoms with Crippen LogP contribution in [-0.2, 0) is 32.5 Å². The second-order valence-corrected chi connectivity index (χ2v) is 8.33. The van der Waals surface area contributed by atoms with Crippen molar-refractivity contribution in [3.63, 3.8) is 0 Å². The van der Waals surface area contributed by atoms with Crippen LogP contribution in [0.3, 0.4) is 0 Å². The molecule has 0 saturated carbocycles. The van der Waals surface area contributed by atoms with Crippen molar-refractivity contribution in [2.45, 2.75) is 38.9 Å². The van der Waals surface area contributed by atoms with Gasteiger partial charge in [0.05, 0.1) is 24.9 Å². The van der Waals surface area contributed by atoms with Crippen molar-refractivity contribution < 1.29 is 4.42 Å². The molecule has 0 radical (unpaired) electrons. The van der Waals surface area contributed by atoms with Crippen molar-refractivity contribution in [1.29, 1.82) is 0 Å². The monoisotopic (exact) mass is 398 g/mol. The first kappa shape index (κ1) is 18.9. The Morgan fingerprint density at radius 2 is 1.77 bits per heavy atom. The average molecular weight is 399 g/mol. The average Bonchev–Trinajstić information content (AvgIpc) is 3.42. The first-order valence-corrected chi connectivity index (χ1v) is 10.6. The van der Waals surface area contributed by atoms with Crippen LogP contribution in [0.1, 0.15) is 34.4 Å². The molecule has 0 spiro atoms. The number of benzene rings is 2. The van der Waals surface area contributed by atoms with E-state index in [0.717, 1.165) is 40.6 Å². The van der Waals surface area contributed by atoms with Crippen molar-refractivity contribution in [3.05, 3.63) is 105 Å². The van der Waals surface area contributed by atoms with E-state index in [1.54, 1.807) is 6.26 Å². The van der Waals surface area contributed by atoms with Crippen LogP contribution in [0.2, 0.25) is 0 Å². The lowest BCUT2D eigenvalue weighted by Crippen LogP contribution is -2.29. The summed E-state index contributed by atoms with van der Waals surface area (Å²) in [6, 6.07) is 20.7. The van der Waals surface area contributed by atoms with Gasteiger partial charge < -0.3 is 8.98 Å². The molecule has 4 aromatic rings. The summed E-state index contributed by atoms with van der Waals surface area (Å²) >= 11 is 0. The zero-order valence-electron chi connectivity index (χ0n) is 17.3. The van der Waals surface area contributed by atoms with Crippen LogP contribution >= 0.6 is 0 Å². The predicted octanol–water partition coefficient (Wildman–Crippen LogP) is 4.76. The molecule has 5 rings (SSSR count). The Hall–Kier alpha value is -3.11. The van der Waals surface area contributed by atoms with Gasteiger partial charge in [0.25, 0.3) is 5.56 Å². The fourth-order valence-electron chi connectivity index (χ4n) is 4.56. The van der Waals surface area contributed by atoms with Crippen LogP contribution < -0.4 is 5.56 Å². The summed E-state index contributed by atoms with van der Waals surface area (Å²) in [7, 11) is 2.02. The summed E-state index contributed by atoms with van der Waals surface area (Å²) in [6.07, 6.45) is 5.13. The van der Waals surface area contributed by atoms with E-state index in [1.165, 1.54) is 17.5 Å². The zero-order valence-corrected chi connectivity index (χ0v) is 17.3. The molecular formula is C26H26N2O2. The van der Waals surface area contributed by atoms with Gasteiger partial charge in [0.2, 0.25) is 0 Å². The molecule has 1 aliphatic rings. The van der Waals surface area contributed by atoms with Crippen LogP contribution in [0, 0.1) is 0 Å². The number of hydrogen-bond acceptors (Lipinski definition) is 3. The highest BCUT2D eigenvalue weighted by atomic mass is 16.3. The van der Waals surface area contributed by atoms with Gasteiger partial charge in [0.1, 0.15) is 5.76 Å². The molecule has 2 heterocycles. The fourth-order valence-corrected chi connectivity index (χ4v) is 4.56. The summed E-state index contributed by atoms with van der Waals surface area (Å²) < 4.78 is 7.43. The molecule has 0 saturated heterocycles. The maximum Gasteiger partial charge on any atom is 0.255 e. The highest BCUT2D eigenvalue weighted by molar-refractivity contribution is 5.82. The second kappa shape index (κ2) is 7.96. The fraction of sp³-hybridized carbons (Fsp3) is 0.269. The summed E-state index contributed by atoms with van der Waals surface area (Å²) in [5.41, 5.74) is 5.93. The summed E-state index contributed by atoms with van der Waals surface area (Å²) in [4.78, 5) is 15.7. The van der Waals surface area contributed by atoms with Gasteiger partial charge in [-0.2, -0.15) is 0 Å². The number of aromatic nitrogens is 1. The smallest absolute Gasteiger partial charge is 0.255 e. The highest BCUT2D eigenvalue weighted by Crippen LogP contribution is 2.28. The molecule has 1 aliphatic carbocycles. The first-order valence-electron chi connectivity index (χ1n) is 10.6. The zero-order chi connectivity index (χ0) is 20.5. The number of nitrogens with zero attached hydrogens (tertiary/aromatic N) is 2. The Labute approximate surface area is 176 Å². The van der Waals surface area contributed by atoms with Crippen molar-refractivity contribution in [1.82, 2.24) is 9.47 Å². The van der Waals surface area contributed by atoms with Gasteiger partial charge in [-0.15, -0.1) is 0 Å². The Morgan fingerprint density at radius 3 is 2.53 bits per heavy atom. The van der Waals surface area contributed by atoms with E-state index in [4.69, 9.17) is 4.42 Å². The lowest BCUT2D eigenvalue weighted by atomic mass is 10.0. The minimum absolute atomic E-state index is 0.0931. The molecule has 0 fully saturated rings. The summed E-state index contributed by atoms with van der Waals surface area (Å²) in [5.74, 6) is 0.903. The minimum Gasteiger partial charge on any atom is -0.468 e. The molecule has 0 N–H and O–H groups in total. The van der Waals surface area contributed by atoms with Gasteiger partial charge >= 0.3 is 0 Å². The molecule has 2 aromatic heterocycles. The maximum absolute atomic E-state index is 13.5. The molecule has 2 aromatic carbocycles. The Morgan fingerprint density at radius 1 is 0.967 bits per heavy atom. The number of hydrogen-bond donors (Lipinski definition) is 0. The molecule has 0 aliphatic heterocycles. The van der Waals surface area contributed by atoms with Crippen LogP contribution in [0.15, 0.2) is 76.1 Å². The van der Waals surface area contributed by atoms with Crippen molar-refractivity contribution in [2.24, 2.45) is 0 Å². The minimum atomic E-state index is 0.0931. The largest absolute Gasteiger partial charge is 0.468 e. The van der Waals surface area contributed by atoms with E-state index in [9.17, 15) is 4.79 Å². The molecular weight excluding hydrogens is 372 g/mol. The van der Waals surface area contributed by atoms with E-state index in [0.29, 0.717) is 19.6 Å². The van der Waals surface area contributed by atoms with Crippen molar-refractivity contribution >= 4 is 10.9 Å². The van der Waals surface area contributed by atoms with E-state index in [2.05, 4.69) is 35.2 Å². The molecule has 152 valence electrons. The lowest BCUT2D eigenvalue weighted by molar-refractivity contribution is 0.286. The first-order chi connectivity index (χ1) is 14.7. The van der Waals surface area contributed by atoms with E-state index in [-0.39, 0.29) is 5.56 Å². The van der Waals surface area contributed by atoms with Crippen LogP contribution in [-0.4, -0.2) is 16.5 Å². The molecule has 0 bridgehead atoms. The molecule has 4 nitrogen and oxygen atoms in total. The third kappa shape index (κ3) is 3.71. The van der Waals surface area contributed by atoms with Crippen LogP contribution in [0.5, 0.6) is 0 Å². The summed E-state index contributed by atoms with van der Waals surface area (Å²) in [5, 5.41) is 1.16. The van der Waals surface area contributed by atoms with Gasteiger partial charge in [0, 0.05) is 12.1 Å².